The van der Waals surface area contributed by atoms with Gasteiger partial charge in [0.15, 0.2) is 0 Å². The minimum Gasteiger partial charge on any atom is -0.399 e. The van der Waals surface area contributed by atoms with Crippen LogP contribution in [0.25, 0.3) is 0 Å². The molecule has 2 aliphatic rings. The van der Waals surface area contributed by atoms with Crippen molar-refractivity contribution in [2.75, 3.05) is 13.1 Å². The molecule has 0 spiro atoms. The summed E-state index contributed by atoms with van der Waals surface area (Å²) in [5.74, 6) is 0.719. The van der Waals surface area contributed by atoms with E-state index in [1.165, 1.54) is 0 Å². The smallest absolute Gasteiger partial charge is 0.399 e. The number of pyridine rings is 1. The zero-order valence-electron chi connectivity index (χ0n) is 12.8. The highest BCUT2D eigenvalue weighted by Crippen LogP contribution is 2.36. The third kappa shape index (κ3) is 2.50. The third-order valence-electron chi connectivity index (χ3n) is 4.73. The largest absolute Gasteiger partial charge is 0.494 e. The van der Waals surface area contributed by atoms with Crippen molar-refractivity contribution in [1.29, 1.82) is 0 Å². The number of nitrogens with one attached hydrogen (secondary N) is 1. The monoisotopic (exact) mass is 274 g/mol. The van der Waals surface area contributed by atoms with E-state index >= 15 is 0 Å². The molecular weight excluding hydrogens is 251 g/mol. The van der Waals surface area contributed by atoms with Crippen molar-refractivity contribution in [3.8, 4) is 0 Å². The molecule has 0 bridgehead atoms. The van der Waals surface area contributed by atoms with Crippen LogP contribution < -0.4 is 10.8 Å². The van der Waals surface area contributed by atoms with Crippen LogP contribution in [0.4, 0.5) is 0 Å². The molecule has 0 radical (unpaired) electrons. The highest BCUT2D eigenvalue weighted by atomic mass is 16.7. The molecule has 1 N–H and O–H groups in total. The Balaban J connectivity index is 1.76. The first kappa shape index (κ1) is 14.0. The van der Waals surface area contributed by atoms with Crippen molar-refractivity contribution < 1.29 is 9.31 Å². The summed E-state index contributed by atoms with van der Waals surface area (Å²) in [6.07, 6.45) is 2.89. The number of aromatic nitrogens is 1. The molecule has 0 atom stereocenters. The maximum atomic E-state index is 6.09. The van der Waals surface area contributed by atoms with Gasteiger partial charge in [0.2, 0.25) is 0 Å². The Bertz CT molecular complexity index is 484. The first-order valence-electron chi connectivity index (χ1n) is 7.38. The molecule has 2 saturated heterocycles. The molecule has 4 nitrogen and oxygen atoms in total. The van der Waals surface area contributed by atoms with Crippen molar-refractivity contribution in [3.05, 3.63) is 24.0 Å². The summed E-state index contributed by atoms with van der Waals surface area (Å²) in [6, 6.07) is 4.12. The second-order valence-corrected chi connectivity index (χ2v) is 6.90. The van der Waals surface area contributed by atoms with E-state index in [1.54, 1.807) is 0 Å². The molecule has 3 rings (SSSR count). The van der Waals surface area contributed by atoms with Gasteiger partial charge in [-0.2, -0.15) is 0 Å². The van der Waals surface area contributed by atoms with E-state index in [1.807, 2.05) is 12.3 Å². The van der Waals surface area contributed by atoms with Crippen LogP contribution >= 0.6 is 0 Å². The SMILES string of the molecule is CC1(C)OB(c2ccnc(CC3CNC3)c2)OC1(C)C. The second-order valence-electron chi connectivity index (χ2n) is 6.90. The second kappa shape index (κ2) is 4.83. The minimum atomic E-state index is -0.293. The van der Waals surface area contributed by atoms with E-state index in [2.05, 4.69) is 44.1 Å². The summed E-state index contributed by atoms with van der Waals surface area (Å²) in [6.45, 7) is 10.5. The lowest BCUT2D eigenvalue weighted by atomic mass is 9.79. The Morgan fingerprint density at radius 2 is 1.90 bits per heavy atom. The van der Waals surface area contributed by atoms with Crippen molar-refractivity contribution in [1.82, 2.24) is 10.3 Å². The quantitative estimate of drug-likeness (QED) is 0.839. The zero-order valence-corrected chi connectivity index (χ0v) is 12.8. The van der Waals surface area contributed by atoms with Gasteiger partial charge >= 0.3 is 7.12 Å². The van der Waals surface area contributed by atoms with E-state index in [9.17, 15) is 0 Å². The van der Waals surface area contributed by atoms with Gasteiger partial charge in [-0.1, -0.05) is 0 Å². The predicted molar refractivity (Wildman–Crippen MR) is 80.0 cm³/mol. The normalized spacial score (nSPS) is 24.7. The van der Waals surface area contributed by atoms with Crippen molar-refractivity contribution in [3.63, 3.8) is 0 Å². The Labute approximate surface area is 121 Å². The van der Waals surface area contributed by atoms with Crippen LogP contribution in [0.15, 0.2) is 18.3 Å². The summed E-state index contributed by atoms with van der Waals surface area (Å²) in [5, 5.41) is 3.30. The first-order chi connectivity index (χ1) is 9.37. The maximum absolute atomic E-state index is 6.09. The van der Waals surface area contributed by atoms with Crippen LogP contribution in [0.1, 0.15) is 33.4 Å². The van der Waals surface area contributed by atoms with Gasteiger partial charge in [-0.3, -0.25) is 4.98 Å². The van der Waals surface area contributed by atoms with Gasteiger partial charge in [-0.25, -0.2) is 0 Å². The highest BCUT2D eigenvalue weighted by molar-refractivity contribution is 6.62. The lowest BCUT2D eigenvalue weighted by Crippen LogP contribution is -2.43. The van der Waals surface area contributed by atoms with E-state index in [0.717, 1.165) is 36.6 Å². The van der Waals surface area contributed by atoms with Gasteiger partial charge in [-0.05, 0) is 70.7 Å². The highest BCUT2D eigenvalue weighted by Gasteiger charge is 2.51. The maximum Gasteiger partial charge on any atom is 0.494 e. The van der Waals surface area contributed by atoms with E-state index < -0.39 is 0 Å². The Hall–Kier alpha value is -0.905. The molecule has 3 heterocycles. The van der Waals surface area contributed by atoms with E-state index in [-0.39, 0.29) is 18.3 Å². The van der Waals surface area contributed by atoms with Crippen LogP contribution in [0.5, 0.6) is 0 Å². The third-order valence-corrected chi connectivity index (χ3v) is 4.73. The van der Waals surface area contributed by atoms with Crippen LogP contribution in [-0.4, -0.2) is 36.4 Å². The van der Waals surface area contributed by atoms with E-state index in [0.29, 0.717) is 0 Å². The predicted octanol–water partition coefficient (Wildman–Crippen LogP) is 1.14. The summed E-state index contributed by atoms with van der Waals surface area (Å²) in [4.78, 5) is 4.47. The molecule has 1 aromatic rings. The number of rotatable bonds is 3. The lowest BCUT2D eigenvalue weighted by Gasteiger charge is -2.32. The molecule has 0 amide bonds. The number of hydrogen-bond acceptors (Lipinski definition) is 4. The summed E-state index contributed by atoms with van der Waals surface area (Å²) >= 11 is 0. The van der Waals surface area contributed by atoms with Crippen LogP contribution in [0.2, 0.25) is 0 Å². The van der Waals surface area contributed by atoms with Crippen molar-refractivity contribution >= 4 is 12.6 Å². The molecule has 0 unspecified atom stereocenters. The van der Waals surface area contributed by atoms with Crippen LogP contribution in [-0.2, 0) is 15.7 Å². The fourth-order valence-electron chi connectivity index (χ4n) is 2.52. The molecule has 20 heavy (non-hydrogen) atoms. The number of hydrogen-bond donors (Lipinski definition) is 1. The van der Waals surface area contributed by atoms with Crippen molar-refractivity contribution in [2.24, 2.45) is 5.92 Å². The lowest BCUT2D eigenvalue weighted by molar-refractivity contribution is 0.00578. The molecule has 2 fully saturated rings. The van der Waals surface area contributed by atoms with Gasteiger partial charge in [0.1, 0.15) is 0 Å². The Morgan fingerprint density at radius 3 is 2.45 bits per heavy atom. The van der Waals surface area contributed by atoms with Crippen molar-refractivity contribution in [2.45, 2.75) is 45.3 Å². The minimum absolute atomic E-state index is 0.290. The molecule has 0 aromatic carbocycles. The van der Waals surface area contributed by atoms with Gasteiger partial charge in [-0.15, -0.1) is 0 Å². The Morgan fingerprint density at radius 1 is 1.25 bits per heavy atom. The van der Waals surface area contributed by atoms with Gasteiger partial charge in [0.25, 0.3) is 0 Å². The summed E-state index contributed by atoms with van der Waals surface area (Å²) < 4.78 is 12.2. The van der Waals surface area contributed by atoms with Gasteiger partial charge in [0, 0.05) is 11.9 Å². The van der Waals surface area contributed by atoms with E-state index in [4.69, 9.17) is 9.31 Å². The fourth-order valence-corrected chi connectivity index (χ4v) is 2.52. The van der Waals surface area contributed by atoms with Crippen LogP contribution in [0.3, 0.4) is 0 Å². The first-order valence-corrected chi connectivity index (χ1v) is 7.38. The molecule has 108 valence electrons. The Kier molecular flexibility index (Phi) is 3.39. The average molecular weight is 274 g/mol. The molecule has 2 aliphatic heterocycles. The fraction of sp³-hybridized carbons (Fsp3) is 0.667. The standard InChI is InChI=1S/C15H23BN2O2/c1-14(2)15(3,4)20-16(19-14)12-5-6-18-13(8-12)7-11-9-17-10-11/h5-6,8,11,17H,7,9-10H2,1-4H3. The average Bonchev–Trinajstić information content (AvgIpc) is 2.54. The summed E-state index contributed by atoms with van der Waals surface area (Å²) in [5.41, 5.74) is 1.61. The van der Waals surface area contributed by atoms with Crippen LogP contribution in [0, 0.1) is 5.92 Å². The zero-order chi connectivity index (χ0) is 14.4. The molecule has 5 heteroatoms. The summed E-state index contributed by atoms with van der Waals surface area (Å²) in [7, 11) is -0.290. The van der Waals surface area contributed by atoms with Gasteiger partial charge in [0.05, 0.1) is 11.2 Å². The topological polar surface area (TPSA) is 43.4 Å². The molecule has 0 aliphatic carbocycles. The molecule has 0 saturated carbocycles. The van der Waals surface area contributed by atoms with Gasteiger partial charge < -0.3 is 14.6 Å². The molecule has 1 aromatic heterocycles. The number of nitrogens with zero attached hydrogens (tertiary/aromatic N) is 1. The molecular formula is C15H23BN2O2.